The van der Waals surface area contributed by atoms with Crippen molar-refractivity contribution < 1.29 is 4.79 Å². The highest BCUT2D eigenvalue weighted by Gasteiger charge is 2.25. The molecule has 1 aliphatic rings. The molecule has 0 radical (unpaired) electrons. The lowest BCUT2D eigenvalue weighted by Crippen LogP contribution is -2.38. The minimum absolute atomic E-state index is 0.145. The van der Waals surface area contributed by atoms with Crippen molar-refractivity contribution in [2.45, 2.75) is 13.5 Å². The van der Waals surface area contributed by atoms with Gasteiger partial charge in [-0.3, -0.25) is 9.88 Å². The molecule has 23 heavy (non-hydrogen) atoms. The van der Waals surface area contributed by atoms with Crippen LogP contribution in [0.4, 0.5) is 16.3 Å². The molecule has 0 unspecified atom stereocenters. The van der Waals surface area contributed by atoms with E-state index in [1.807, 2.05) is 36.6 Å². The van der Waals surface area contributed by atoms with E-state index in [9.17, 15) is 4.79 Å². The Balaban J connectivity index is 1.66. The molecule has 0 saturated heterocycles. The van der Waals surface area contributed by atoms with Gasteiger partial charge in [0.25, 0.3) is 0 Å². The number of rotatable bonds is 2. The average molecular weight is 322 g/mol. The van der Waals surface area contributed by atoms with Gasteiger partial charge in [0.2, 0.25) is 0 Å². The lowest BCUT2D eigenvalue weighted by atomic mass is 10.1. The normalized spacial score (nSPS) is 13.6. The summed E-state index contributed by atoms with van der Waals surface area (Å²) in [5.41, 5.74) is 4.16. The minimum Gasteiger partial charge on any atom is -0.307 e. The monoisotopic (exact) mass is 322 g/mol. The van der Waals surface area contributed by atoms with Crippen molar-refractivity contribution in [2.75, 3.05) is 10.2 Å². The van der Waals surface area contributed by atoms with E-state index in [-0.39, 0.29) is 6.03 Å². The van der Waals surface area contributed by atoms with Crippen LogP contribution in [-0.4, -0.2) is 16.0 Å². The Labute approximate surface area is 137 Å². The third-order valence-corrected chi connectivity index (χ3v) is 4.65. The summed E-state index contributed by atoms with van der Waals surface area (Å²) in [7, 11) is 0. The highest BCUT2D eigenvalue weighted by atomic mass is 32.1. The van der Waals surface area contributed by atoms with Crippen LogP contribution < -0.4 is 10.2 Å². The molecule has 4 rings (SSSR count). The smallest absolute Gasteiger partial charge is 0.307 e. The van der Waals surface area contributed by atoms with Crippen molar-refractivity contribution in [1.29, 1.82) is 0 Å². The van der Waals surface area contributed by atoms with Gasteiger partial charge in [0.1, 0.15) is 10.8 Å². The number of carbonyl (C=O) groups excluding carboxylic acids is 1. The Hall–Kier alpha value is -2.73. The van der Waals surface area contributed by atoms with Crippen molar-refractivity contribution in [1.82, 2.24) is 9.97 Å². The van der Waals surface area contributed by atoms with Gasteiger partial charge in [0.05, 0.1) is 6.54 Å². The third-order valence-electron chi connectivity index (χ3n) is 3.77. The number of aromatic nitrogens is 2. The SMILES string of the molecule is Cc1ccc2c(c1)CN(c1csc(-c3ccncc3)n1)C(=O)N2. The number of urea groups is 1. The van der Waals surface area contributed by atoms with Gasteiger partial charge in [-0.2, -0.15) is 0 Å². The van der Waals surface area contributed by atoms with E-state index in [1.165, 1.54) is 16.9 Å². The van der Waals surface area contributed by atoms with Gasteiger partial charge < -0.3 is 5.32 Å². The summed E-state index contributed by atoms with van der Waals surface area (Å²) in [5.74, 6) is 0.673. The van der Waals surface area contributed by atoms with E-state index in [0.29, 0.717) is 12.4 Å². The largest absolute Gasteiger partial charge is 0.327 e. The van der Waals surface area contributed by atoms with Gasteiger partial charge in [-0.25, -0.2) is 9.78 Å². The first-order valence-electron chi connectivity index (χ1n) is 7.25. The number of fused-ring (bicyclic) bond motifs is 1. The molecule has 2 amide bonds. The van der Waals surface area contributed by atoms with E-state index in [0.717, 1.165) is 21.8 Å². The fraction of sp³-hybridized carbons (Fsp3) is 0.118. The van der Waals surface area contributed by atoms with Gasteiger partial charge in [0.15, 0.2) is 0 Å². The molecule has 0 saturated carbocycles. The highest BCUT2D eigenvalue weighted by molar-refractivity contribution is 7.13. The number of benzene rings is 1. The molecule has 1 N–H and O–H groups in total. The van der Waals surface area contributed by atoms with Crippen LogP contribution >= 0.6 is 11.3 Å². The van der Waals surface area contributed by atoms with Crippen molar-refractivity contribution in [2.24, 2.45) is 0 Å². The molecule has 3 aromatic rings. The molecule has 2 aromatic heterocycles. The predicted octanol–water partition coefficient (Wildman–Crippen LogP) is 4.07. The minimum atomic E-state index is -0.145. The fourth-order valence-electron chi connectivity index (χ4n) is 2.60. The molecule has 1 aromatic carbocycles. The quantitative estimate of drug-likeness (QED) is 0.774. The van der Waals surface area contributed by atoms with Crippen molar-refractivity contribution in [3.63, 3.8) is 0 Å². The van der Waals surface area contributed by atoms with Crippen molar-refractivity contribution >= 4 is 28.9 Å². The molecule has 0 bridgehead atoms. The summed E-state index contributed by atoms with van der Waals surface area (Å²) in [6.07, 6.45) is 3.48. The van der Waals surface area contributed by atoms with E-state index >= 15 is 0 Å². The molecule has 0 spiro atoms. The van der Waals surface area contributed by atoms with E-state index in [1.54, 1.807) is 17.3 Å². The predicted molar refractivity (Wildman–Crippen MR) is 91.7 cm³/mol. The van der Waals surface area contributed by atoms with Gasteiger partial charge in [0, 0.05) is 29.0 Å². The van der Waals surface area contributed by atoms with Gasteiger partial charge in [-0.05, 0) is 30.7 Å². The van der Waals surface area contributed by atoms with Crippen LogP contribution in [-0.2, 0) is 6.54 Å². The zero-order valence-corrected chi connectivity index (χ0v) is 13.3. The summed E-state index contributed by atoms with van der Waals surface area (Å²) in [4.78, 5) is 22.6. The maximum absolute atomic E-state index is 12.4. The van der Waals surface area contributed by atoms with Crippen LogP contribution in [0.15, 0.2) is 48.1 Å². The molecule has 3 heterocycles. The Bertz CT molecular complexity index is 875. The van der Waals surface area contributed by atoms with Gasteiger partial charge in [-0.15, -0.1) is 11.3 Å². The number of carbonyl (C=O) groups is 1. The Morgan fingerprint density at radius 3 is 2.87 bits per heavy atom. The number of pyridine rings is 1. The van der Waals surface area contributed by atoms with Crippen molar-refractivity contribution in [3.05, 3.63) is 59.2 Å². The fourth-order valence-corrected chi connectivity index (χ4v) is 3.42. The number of aryl methyl sites for hydroxylation is 1. The first-order valence-corrected chi connectivity index (χ1v) is 8.12. The molecule has 1 aliphatic heterocycles. The summed E-state index contributed by atoms with van der Waals surface area (Å²) in [5, 5.41) is 5.72. The maximum atomic E-state index is 12.4. The summed E-state index contributed by atoms with van der Waals surface area (Å²) in [6, 6.07) is 9.73. The number of anilines is 2. The first kappa shape index (κ1) is 13.9. The Morgan fingerprint density at radius 2 is 2.04 bits per heavy atom. The number of thiazole rings is 1. The molecule has 5 nitrogen and oxygen atoms in total. The number of nitrogens with one attached hydrogen (secondary N) is 1. The summed E-state index contributed by atoms with van der Waals surface area (Å²) >= 11 is 1.52. The first-order chi connectivity index (χ1) is 11.2. The van der Waals surface area contributed by atoms with E-state index in [4.69, 9.17) is 0 Å². The van der Waals surface area contributed by atoms with Crippen molar-refractivity contribution in [3.8, 4) is 10.6 Å². The third kappa shape index (κ3) is 2.57. The van der Waals surface area contributed by atoms with Crippen LogP contribution in [0.2, 0.25) is 0 Å². The van der Waals surface area contributed by atoms with Gasteiger partial charge in [-0.1, -0.05) is 17.7 Å². The van der Waals surface area contributed by atoms with E-state index in [2.05, 4.69) is 21.4 Å². The lowest BCUT2D eigenvalue weighted by molar-refractivity contribution is 0.256. The lowest BCUT2D eigenvalue weighted by Gasteiger charge is -2.28. The van der Waals surface area contributed by atoms with Crippen LogP contribution in [0, 0.1) is 6.92 Å². The Kier molecular flexibility index (Phi) is 3.31. The van der Waals surface area contributed by atoms with Crippen LogP contribution in [0.1, 0.15) is 11.1 Å². The van der Waals surface area contributed by atoms with Gasteiger partial charge >= 0.3 is 6.03 Å². The second kappa shape index (κ2) is 5.48. The molecule has 6 heteroatoms. The molecule has 0 fully saturated rings. The highest BCUT2D eigenvalue weighted by Crippen LogP contribution is 2.31. The van der Waals surface area contributed by atoms with E-state index < -0.39 is 0 Å². The second-order valence-electron chi connectivity index (χ2n) is 5.42. The zero-order chi connectivity index (χ0) is 15.8. The second-order valence-corrected chi connectivity index (χ2v) is 6.28. The molecular formula is C17H14N4OS. The maximum Gasteiger partial charge on any atom is 0.327 e. The van der Waals surface area contributed by atoms with Crippen LogP contribution in [0.5, 0.6) is 0 Å². The number of amides is 2. The average Bonchev–Trinajstić information content (AvgIpc) is 3.05. The molecule has 114 valence electrons. The Morgan fingerprint density at radius 1 is 1.22 bits per heavy atom. The zero-order valence-electron chi connectivity index (χ0n) is 12.5. The molecule has 0 aliphatic carbocycles. The summed E-state index contributed by atoms with van der Waals surface area (Å²) < 4.78 is 0. The summed E-state index contributed by atoms with van der Waals surface area (Å²) in [6.45, 7) is 2.58. The molecule has 0 atom stereocenters. The number of nitrogens with zero attached hydrogens (tertiary/aromatic N) is 3. The number of hydrogen-bond acceptors (Lipinski definition) is 4. The van der Waals surface area contributed by atoms with Crippen LogP contribution in [0.25, 0.3) is 10.6 Å². The standard InChI is InChI=1S/C17H14N4OS/c1-11-2-3-14-13(8-11)9-21(17(22)19-14)15-10-23-16(20-15)12-4-6-18-7-5-12/h2-8,10H,9H2,1H3,(H,19,22). The topological polar surface area (TPSA) is 58.1 Å². The molecular weight excluding hydrogens is 308 g/mol. The number of hydrogen-bond donors (Lipinski definition) is 1. The van der Waals surface area contributed by atoms with Crippen LogP contribution in [0.3, 0.4) is 0 Å².